The summed E-state index contributed by atoms with van der Waals surface area (Å²) >= 11 is 0. The second kappa shape index (κ2) is 5.70. The maximum absolute atomic E-state index is 11.3. The molecule has 0 aliphatic heterocycles. The molecule has 2 aromatic rings. The van der Waals surface area contributed by atoms with Gasteiger partial charge in [0.15, 0.2) is 0 Å². The van der Waals surface area contributed by atoms with E-state index >= 15 is 0 Å². The zero-order chi connectivity index (χ0) is 14.7. The average molecular weight is 281 g/mol. The largest absolute Gasteiger partial charge is 0.480 e. The molecule has 0 aromatic heterocycles. The number of aliphatic carboxylic acids is 1. The first-order chi connectivity index (χ1) is 10.2. The van der Waals surface area contributed by atoms with Gasteiger partial charge >= 0.3 is 5.97 Å². The molecule has 1 aliphatic rings. The van der Waals surface area contributed by atoms with Crippen LogP contribution in [0, 0.1) is 0 Å². The van der Waals surface area contributed by atoms with Crippen LogP contribution in [-0.4, -0.2) is 16.6 Å². The Balaban J connectivity index is 1.66. The van der Waals surface area contributed by atoms with Crippen molar-refractivity contribution >= 4 is 5.97 Å². The standard InChI is InChI=1S/C18H19NO2/c20-17(21)18(11-4-12-18)19-13-14-7-9-16(10-8-14)15-5-2-1-3-6-15/h1-3,5-10,19H,4,11-13H2,(H,20,21). The normalized spacial score (nSPS) is 16.2. The van der Waals surface area contributed by atoms with Crippen molar-refractivity contribution in [1.82, 2.24) is 5.32 Å². The molecule has 3 rings (SSSR count). The zero-order valence-electron chi connectivity index (χ0n) is 11.9. The van der Waals surface area contributed by atoms with Crippen molar-refractivity contribution in [3.8, 4) is 11.1 Å². The van der Waals surface area contributed by atoms with Crippen molar-refractivity contribution in [3.63, 3.8) is 0 Å². The summed E-state index contributed by atoms with van der Waals surface area (Å²) in [5, 5.41) is 12.5. The van der Waals surface area contributed by atoms with Crippen molar-refractivity contribution in [2.24, 2.45) is 0 Å². The molecule has 0 bridgehead atoms. The topological polar surface area (TPSA) is 49.3 Å². The molecule has 1 fully saturated rings. The summed E-state index contributed by atoms with van der Waals surface area (Å²) in [6.45, 7) is 0.599. The number of carbonyl (C=O) groups is 1. The lowest BCUT2D eigenvalue weighted by Gasteiger charge is -2.38. The molecule has 1 aliphatic carbocycles. The predicted octanol–water partition coefficient (Wildman–Crippen LogP) is 3.45. The minimum absolute atomic E-state index is 0.599. The number of carboxylic acids is 1. The summed E-state index contributed by atoms with van der Waals surface area (Å²) in [4.78, 5) is 11.3. The van der Waals surface area contributed by atoms with Crippen LogP contribution in [-0.2, 0) is 11.3 Å². The van der Waals surface area contributed by atoms with Crippen molar-refractivity contribution in [2.75, 3.05) is 0 Å². The first-order valence-electron chi connectivity index (χ1n) is 7.32. The monoisotopic (exact) mass is 281 g/mol. The third-order valence-corrected chi connectivity index (χ3v) is 4.31. The van der Waals surface area contributed by atoms with Gasteiger partial charge < -0.3 is 5.11 Å². The molecule has 0 unspecified atom stereocenters. The van der Waals surface area contributed by atoms with E-state index in [0.717, 1.165) is 24.8 Å². The van der Waals surface area contributed by atoms with Crippen LogP contribution in [0.3, 0.4) is 0 Å². The number of rotatable bonds is 5. The number of benzene rings is 2. The highest BCUT2D eigenvalue weighted by atomic mass is 16.4. The van der Waals surface area contributed by atoms with E-state index in [1.54, 1.807) is 0 Å². The Morgan fingerprint density at radius 3 is 2.14 bits per heavy atom. The molecule has 21 heavy (non-hydrogen) atoms. The molecule has 108 valence electrons. The Bertz CT molecular complexity index is 615. The van der Waals surface area contributed by atoms with E-state index in [9.17, 15) is 9.90 Å². The van der Waals surface area contributed by atoms with Gasteiger partial charge in [-0.2, -0.15) is 0 Å². The van der Waals surface area contributed by atoms with Crippen LogP contribution in [0.25, 0.3) is 11.1 Å². The molecular formula is C18H19NO2. The van der Waals surface area contributed by atoms with Crippen LogP contribution in [0.5, 0.6) is 0 Å². The molecule has 0 heterocycles. The van der Waals surface area contributed by atoms with Crippen LogP contribution in [0.15, 0.2) is 54.6 Å². The summed E-state index contributed by atoms with van der Waals surface area (Å²) < 4.78 is 0. The highest BCUT2D eigenvalue weighted by Crippen LogP contribution is 2.32. The maximum atomic E-state index is 11.3. The van der Waals surface area contributed by atoms with Crippen LogP contribution in [0.4, 0.5) is 0 Å². The minimum atomic E-state index is -0.727. The molecule has 2 N–H and O–H groups in total. The Kier molecular flexibility index (Phi) is 3.76. The van der Waals surface area contributed by atoms with Crippen molar-refractivity contribution < 1.29 is 9.90 Å². The van der Waals surface area contributed by atoms with Gasteiger partial charge in [-0.05, 0) is 36.0 Å². The summed E-state index contributed by atoms with van der Waals surface area (Å²) in [5.74, 6) is -0.727. The van der Waals surface area contributed by atoms with E-state index in [4.69, 9.17) is 0 Å². The molecule has 1 saturated carbocycles. The zero-order valence-corrected chi connectivity index (χ0v) is 11.9. The van der Waals surface area contributed by atoms with E-state index in [-0.39, 0.29) is 0 Å². The molecule has 3 nitrogen and oxygen atoms in total. The number of hydrogen-bond acceptors (Lipinski definition) is 2. The molecule has 0 radical (unpaired) electrons. The highest BCUT2D eigenvalue weighted by molar-refractivity contribution is 5.80. The fraction of sp³-hybridized carbons (Fsp3) is 0.278. The summed E-state index contributed by atoms with van der Waals surface area (Å²) in [7, 11) is 0. The Morgan fingerprint density at radius 2 is 1.62 bits per heavy atom. The predicted molar refractivity (Wildman–Crippen MR) is 82.9 cm³/mol. The van der Waals surface area contributed by atoms with Crippen LogP contribution >= 0.6 is 0 Å². The van der Waals surface area contributed by atoms with Gasteiger partial charge in [0.2, 0.25) is 0 Å². The third-order valence-electron chi connectivity index (χ3n) is 4.31. The van der Waals surface area contributed by atoms with Gasteiger partial charge in [0, 0.05) is 6.54 Å². The second-order valence-electron chi connectivity index (χ2n) is 5.66. The SMILES string of the molecule is O=C(O)C1(NCc2ccc(-c3ccccc3)cc2)CCC1. The molecule has 0 spiro atoms. The van der Waals surface area contributed by atoms with E-state index in [1.807, 2.05) is 18.2 Å². The van der Waals surface area contributed by atoms with E-state index < -0.39 is 11.5 Å². The third kappa shape index (κ3) is 2.83. The Labute approximate surface area is 124 Å². The molecular weight excluding hydrogens is 262 g/mol. The first kappa shape index (κ1) is 13.8. The van der Waals surface area contributed by atoms with Gasteiger partial charge in [-0.3, -0.25) is 10.1 Å². The van der Waals surface area contributed by atoms with Gasteiger partial charge in [0.25, 0.3) is 0 Å². The lowest BCUT2D eigenvalue weighted by atomic mass is 9.76. The van der Waals surface area contributed by atoms with Crippen molar-refractivity contribution in [1.29, 1.82) is 0 Å². The van der Waals surface area contributed by atoms with Crippen LogP contribution in [0.2, 0.25) is 0 Å². The number of hydrogen-bond donors (Lipinski definition) is 2. The molecule has 3 heteroatoms. The molecule has 0 saturated heterocycles. The smallest absolute Gasteiger partial charge is 0.323 e. The second-order valence-corrected chi connectivity index (χ2v) is 5.66. The fourth-order valence-electron chi connectivity index (χ4n) is 2.71. The van der Waals surface area contributed by atoms with Gasteiger partial charge in [-0.15, -0.1) is 0 Å². The highest BCUT2D eigenvalue weighted by Gasteiger charge is 2.43. The van der Waals surface area contributed by atoms with Gasteiger partial charge in [-0.25, -0.2) is 0 Å². The minimum Gasteiger partial charge on any atom is -0.480 e. The van der Waals surface area contributed by atoms with Crippen molar-refractivity contribution in [3.05, 3.63) is 60.2 Å². The molecule has 2 aromatic carbocycles. The number of carboxylic acid groups (broad SMARTS) is 1. The maximum Gasteiger partial charge on any atom is 0.323 e. The van der Waals surface area contributed by atoms with Gasteiger partial charge in [0.1, 0.15) is 5.54 Å². The van der Waals surface area contributed by atoms with Crippen LogP contribution in [0.1, 0.15) is 24.8 Å². The Hall–Kier alpha value is -2.13. The fourth-order valence-corrected chi connectivity index (χ4v) is 2.71. The van der Waals surface area contributed by atoms with E-state index in [1.165, 1.54) is 11.1 Å². The van der Waals surface area contributed by atoms with Crippen molar-refractivity contribution in [2.45, 2.75) is 31.3 Å². The van der Waals surface area contributed by atoms with Gasteiger partial charge in [0.05, 0.1) is 0 Å². The average Bonchev–Trinajstić information content (AvgIpc) is 2.47. The van der Waals surface area contributed by atoms with Crippen LogP contribution < -0.4 is 5.32 Å². The Morgan fingerprint density at radius 1 is 1.00 bits per heavy atom. The van der Waals surface area contributed by atoms with E-state index in [0.29, 0.717) is 6.54 Å². The summed E-state index contributed by atoms with van der Waals surface area (Å²) in [5.41, 5.74) is 2.79. The quantitative estimate of drug-likeness (QED) is 0.882. The van der Waals surface area contributed by atoms with Gasteiger partial charge in [-0.1, -0.05) is 54.6 Å². The molecule has 0 amide bonds. The molecule has 0 atom stereocenters. The summed E-state index contributed by atoms with van der Waals surface area (Å²) in [6.07, 6.45) is 2.45. The first-order valence-corrected chi connectivity index (χ1v) is 7.32. The number of nitrogens with one attached hydrogen (secondary N) is 1. The summed E-state index contributed by atoms with van der Waals surface area (Å²) in [6, 6.07) is 18.5. The lowest BCUT2D eigenvalue weighted by Crippen LogP contribution is -2.56. The lowest BCUT2D eigenvalue weighted by molar-refractivity contribution is -0.148. The van der Waals surface area contributed by atoms with E-state index in [2.05, 4.69) is 41.7 Å².